The fraction of sp³-hybridized carbons (Fsp3) is 0.182. The molecule has 0 amide bonds. The van der Waals surface area contributed by atoms with Crippen molar-refractivity contribution in [1.29, 1.82) is 0 Å². The molecule has 2 rings (SSSR count). The molecule has 78 valence electrons. The van der Waals surface area contributed by atoms with Crippen molar-refractivity contribution in [3.8, 4) is 5.69 Å². The average Bonchev–Trinajstić information content (AvgIpc) is 2.69. The quantitative estimate of drug-likeness (QED) is 0.908. The molecule has 2 aromatic rings. The Morgan fingerprint density at radius 3 is 2.80 bits per heavy atom. The lowest BCUT2D eigenvalue weighted by Gasteiger charge is -2.09. The van der Waals surface area contributed by atoms with E-state index in [1.165, 1.54) is 0 Å². The van der Waals surface area contributed by atoms with Crippen molar-refractivity contribution < 1.29 is 5.11 Å². The van der Waals surface area contributed by atoms with E-state index >= 15 is 0 Å². The number of halogens is 1. The molecule has 1 atom stereocenters. The van der Waals surface area contributed by atoms with E-state index in [1.54, 1.807) is 17.8 Å². The molecule has 1 N–H and O–H groups in total. The van der Waals surface area contributed by atoms with E-state index < -0.39 is 6.10 Å². The Labute approximate surface area is 96.5 Å². The van der Waals surface area contributed by atoms with E-state index in [2.05, 4.69) is 21.0 Å². The zero-order valence-electron chi connectivity index (χ0n) is 8.26. The van der Waals surface area contributed by atoms with E-state index in [0.29, 0.717) is 0 Å². The van der Waals surface area contributed by atoms with Gasteiger partial charge in [-0.15, -0.1) is 0 Å². The van der Waals surface area contributed by atoms with E-state index in [-0.39, 0.29) is 0 Å². The van der Waals surface area contributed by atoms with Crippen LogP contribution in [0.1, 0.15) is 18.6 Å². The molecule has 0 unspecified atom stereocenters. The molecule has 3 nitrogen and oxygen atoms in total. The van der Waals surface area contributed by atoms with Crippen LogP contribution in [0.3, 0.4) is 0 Å². The van der Waals surface area contributed by atoms with Crippen molar-refractivity contribution >= 4 is 15.9 Å². The lowest BCUT2D eigenvalue weighted by atomic mass is 10.1. The van der Waals surface area contributed by atoms with Crippen LogP contribution < -0.4 is 0 Å². The summed E-state index contributed by atoms with van der Waals surface area (Å²) in [7, 11) is 0. The molecule has 1 aromatic heterocycles. The van der Waals surface area contributed by atoms with E-state index in [9.17, 15) is 5.11 Å². The molecule has 0 aliphatic heterocycles. The minimum atomic E-state index is -0.467. The number of aliphatic hydroxyl groups excluding tert-OH is 1. The van der Waals surface area contributed by atoms with E-state index in [4.69, 9.17) is 0 Å². The maximum absolute atomic E-state index is 9.47. The van der Waals surface area contributed by atoms with Crippen molar-refractivity contribution in [3.63, 3.8) is 0 Å². The third-order valence-corrected chi connectivity index (χ3v) is 2.89. The molecular formula is C11H11BrN2O. The normalized spacial score (nSPS) is 12.7. The second-order valence-corrected chi connectivity index (χ2v) is 4.19. The Kier molecular flexibility index (Phi) is 2.88. The number of hydrogen-bond acceptors (Lipinski definition) is 2. The molecule has 4 heteroatoms. The van der Waals surface area contributed by atoms with Crippen LogP contribution in [0.2, 0.25) is 0 Å². The van der Waals surface area contributed by atoms with E-state index in [1.807, 2.05) is 30.5 Å². The highest BCUT2D eigenvalue weighted by molar-refractivity contribution is 9.10. The van der Waals surface area contributed by atoms with Crippen LogP contribution in [0.4, 0.5) is 0 Å². The van der Waals surface area contributed by atoms with Crippen molar-refractivity contribution in [2.45, 2.75) is 13.0 Å². The highest BCUT2D eigenvalue weighted by Gasteiger charge is 2.07. The zero-order valence-corrected chi connectivity index (χ0v) is 9.85. The number of nitrogens with zero attached hydrogens (tertiary/aromatic N) is 2. The van der Waals surface area contributed by atoms with Gasteiger partial charge in [-0.2, -0.15) is 5.10 Å². The van der Waals surface area contributed by atoms with Gasteiger partial charge in [-0.25, -0.2) is 4.68 Å². The number of benzene rings is 1. The van der Waals surface area contributed by atoms with Gasteiger partial charge in [0.05, 0.1) is 11.8 Å². The number of rotatable bonds is 2. The van der Waals surface area contributed by atoms with Crippen molar-refractivity contribution in [2.24, 2.45) is 0 Å². The largest absolute Gasteiger partial charge is 0.389 e. The van der Waals surface area contributed by atoms with Crippen molar-refractivity contribution in [3.05, 3.63) is 46.7 Å². The third kappa shape index (κ3) is 2.11. The summed E-state index contributed by atoms with van der Waals surface area (Å²) in [6, 6.07) is 7.64. The van der Waals surface area contributed by atoms with Gasteiger partial charge in [0.2, 0.25) is 0 Å². The lowest BCUT2D eigenvalue weighted by Crippen LogP contribution is -1.97. The third-order valence-electron chi connectivity index (χ3n) is 2.20. The standard InChI is InChI=1S/C11H11BrN2O/c1-8(15)10-4-3-9(7-11(10)12)14-6-2-5-13-14/h2-8,15H,1H3/t8-/m0/s1. The molecule has 0 saturated heterocycles. The molecular weight excluding hydrogens is 256 g/mol. The summed E-state index contributed by atoms with van der Waals surface area (Å²) >= 11 is 3.43. The van der Waals surface area contributed by atoms with Gasteiger partial charge in [-0.05, 0) is 30.7 Å². The summed E-state index contributed by atoms with van der Waals surface area (Å²) in [6.45, 7) is 1.74. The van der Waals surface area contributed by atoms with Gasteiger partial charge in [0.1, 0.15) is 0 Å². The monoisotopic (exact) mass is 266 g/mol. The Morgan fingerprint density at radius 1 is 1.47 bits per heavy atom. The summed E-state index contributed by atoms with van der Waals surface area (Å²) < 4.78 is 2.67. The van der Waals surface area contributed by atoms with Gasteiger partial charge < -0.3 is 5.11 Å². The van der Waals surface area contributed by atoms with Gasteiger partial charge in [-0.1, -0.05) is 22.0 Å². The van der Waals surface area contributed by atoms with Crippen molar-refractivity contribution in [1.82, 2.24) is 9.78 Å². The smallest absolute Gasteiger partial charge is 0.0772 e. The fourth-order valence-corrected chi connectivity index (χ4v) is 2.12. The molecule has 0 aliphatic carbocycles. The Bertz CT molecular complexity index is 452. The molecule has 0 radical (unpaired) electrons. The molecule has 0 saturated carbocycles. The second-order valence-electron chi connectivity index (χ2n) is 3.33. The number of aliphatic hydroxyl groups is 1. The van der Waals surface area contributed by atoms with Crippen LogP contribution >= 0.6 is 15.9 Å². The minimum Gasteiger partial charge on any atom is -0.389 e. The highest BCUT2D eigenvalue weighted by Crippen LogP contribution is 2.25. The van der Waals surface area contributed by atoms with Gasteiger partial charge in [0.15, 0.2) is 0 Å². The second kappa shape index (κ2) is 4.16. The maximum atomic E-state index is 9.47. The van der Waals surface area contributed by atoms with E-state index in [0.717, 1.165) is 15.7 Å². The topological polar surface area (TPSA) is 38.0 Å². The Hall–Kier alpha value is -1.13. The van der Waals surface area contributed by atoms with Crippen molar-refractivity contribution in [2.75, 3.05) is 0 Å². The molecule has 0 aliphatic rings. The molecule has 1 aromatic carbocycles. The molecule has 0 bridgehead atoms. The Balaban J connectivity index is 2.42. The van der Waals surface area contributed by atoms with Crippen LogP contribution in [0.5, 0.6) is 0 Å². The average molecular weight is 267 g/mol. The summed E-state index contributed by atoms with van der Waals surface area (Å²) in [6.07, 6.45) is 3.14. The van der Waals surface area contributed by atoms with Gasteiger partial charge in [0, 0.05) is 16.9 Å². The SMILES string of the molecule is C[C@H](O)c1ccc(-n2cccn2)cc1Br. The summed E-state index contributed by atoms with van der Waals surface area (Å²) in [5, 5.41) is 13.6. The molecule has 15 heavy (non-hydrogen) atoms. The first-order valence-corrected chi connectivity index (χ1v) is 5.45. The molecule has 1 heterocycles. The minimum absolute atomic E-state index is 0.467. The van der Waals surface area contributed by atoms with Crippen LogP contribution in [0, 0.1) is 0 Å². The van der Waals surface area contributed by atoms with Gasteiger partial charge >= 0.3 is 0 Å². The van der Waals surface area contributed by atoms with Crippen LogP contribution in [0.15, 0.2) is 41.1 Å². The zero-order chi connectivity index (χ0) is 10.8. The predicted octanol–water partition coefficient (Wildman–Crippen LogP) is 2.69. The maximum Gasteiger partial charge on any atom is 0.0772 e. The van der Waals surface area contributed by atoms with Gasteiger partial charge in [-0.3, -0.25) is 0 Å². The summed E-state index contributed by atoms with van der Waals surface area (Å²) in [5.41, 5.74) is 1.85. The number of aromatic nitrogens is 2. The summed E-state index contributed by atoms with van der Waals surface area (Å²) in [4.78, 5) is 0. The Morgan fingerprint density at radius 2 is 2.27 bits per heavy atom. The van der Waals surface area contributed by atoms with Crippen LogP contribution in [-0.4, -0.2) is 14.9 Å². The molecule has 0 fully saturated rings. The first-order valence-electron chi connectivity index (χ1n) is 4.66. The lowest BCUT2D eigenvalue weighted by molar-refractivity contribution is 0.198. The highest BCUT2D eigenvalue weighted by atomic mass is 79.9. The first-order chi connectivity index (χ1) is 7.18. The number of hydrogen-bond donors (Lipinski definition) is 1. The van der Waals surface area contributed by atoms with Crippen LogP contribution in [-0.2, 0) is 0 Å². The first kappa shape index (κ1) is 10.4. The predicted molar refractivity (Wildman–Crippen MR) is 61.9 cm³/mol. The van der Waals surface area contributed by atoms with Gasteiger partial charge in [0.25, 0.3) is 0 Å². The summed E-state index contributed by atoms with van der Waals surface area (Å²) in [5.74, 6) is 0. The van der Waals surface area contributed by atoms with Crippen LogP contribution in [0.25, 0.3) is 5.69 Å². The molecule has 0 spiro atoms. The fourth-order valence-electron chi connectivity index (χ4n) is 1.42.